The van der Waals surface area contributed by atoms with Crippen LogP contribution >= 0.6 is 11.3 Å². The molecule has 3 nitrogen and oxygen atoms in total. The Labute approximate surface area is 111 Å². The number of thiophene rings is 1. The van der Waals surface area contributed by atoms with Crippen LogP contribution in [-0.4, -0.2) is 19.8 Å². The summed E-state index contributed by atoms with van der Waals surface area (Å²) in [6.45, 7) is 7.54. The molecule has 0 unspecified atom stereocenters. The van der Waals surface area contributed by atoms with E-state index in [1.165, 1.54) is 20.5 Å². The van der Waals surface area contributed by atoms with Crippen LogP contribution in [0.5, 0.6) is 11.5 Å². The van der Waals surface area contributed by atoms with Gasteiger partial charge >= 0.3 is 0 Å². The molecule has 0 radical (unpaired) electrons. The molecule has 1 aliphatic rings. The number of ether oxygens (including phenoxy) is 2. The van der Waals surface area contributed by atoms with E-state index in [9.17, 15) is 0 Å². The van der Waals surface area contributed by atoms with Gasteiger partial charge in [-0.25, -0.2) is 0 Å². The van der Waals surface area contributed by atoms with E-state index in [0.29, 0.717) is 13.2 Å². The fraction of sp³-hybridized carbons (Fsp3) is 0.429. The van der Waals surface area contributed by atoms with Gasteiger partial charge in [0.15, 0.2) is 11.5 Å². The van der Waals surface area contributed by atoms with Crippen molar-refractivity contribution in [1.82, 2.24) is 5.32 Å². The second-order valence-electron chi connectivity index (χ2n) is 4.42. The van der Waals surface area contributed by atoms with Crippen LogP contribution in [0.1, 0.15) is 17.4 Å². The van der Waals surface area contributed by atoms with Crippen molar-refractivity contribution in [2.24, 2.45) is 0 Å². The van der Waals surface area contributed by atoms with E-state index in [4.69, 9.17) is 9.47 Å². The minimum Gasteiger partial charge on any atom is -0.486 e. The van der Waals surface area contributed by atoms with Crippen molar-refractivity contribution in [3.05, 3.63) is 22.6 Å². The molecule has 3 rings (SSSR count). The Kier molecular flexibility index (Phi) is 3.14. The van der Waals surface area contributed by atoms with Crippen molar-refractivity contribution in [2.45, 2.75) is 20.4 Å². The molecule has 0 aliphatic carbocycles. The molecule has 2 heterocycles. The Balaban J connectivity index is 2.06. The van der Waals surface area contributed by atoms with Gasteiger partial charge in [0.2, 0.25) is 0 Å². The van der Waals surface area contributed by atoms with Crippen molar-refractivity contribution in [2.75, 3.05) is 19.8 Å². The Morgan fingerprint density at radius 1 is 1.22 bits per heavy atom. The Hall–Kier alpha value is -1.26. The zero-order chi connectivity index (χ0) is 12.5. The molecule has 0 atom stereocenters. The summed E-state index contributed by atoms with van der Waals surface area (Å²) in [4.78, 5) is 1.40. The molecule has 0 fully saturated rings. The fourth-order valence-corrected chi connectivity index (χ4v) is 3.40. The van der Waals surface area contributed by atoms with E-state index in [2.05, 4.69) is 31.3 Å². The number of aryl methyl sites for hydroxylation is 1. The van der Waals surface area contributed by atoms with E-state index >= 15 is 0 Å². The van der Waals surface area contributed by atoms with E-state index in [1.54, 1.807) is 0 Å². The summed E-state index contributed by atoms with van der Waals surface area (Å²) in [5.41, 5.74) is 1.35. The first-order valence-electron chi connectivity index (χ1n) is 6.32. The lowest BCUT2D eigenvalue weighted by Gasteiger charge is -2.18. The summed E-state index contributed by atoms with van der Waals surface area (Å²) in [5, 5.41) is 4.67. The van der Waals surface area contributed by atoms with E-state index in [-0.39, 0.29) is 0 Å². The van der Waals surface area contributed by atoms with Crippen LogP contribution in [0.15, 0.2) is 12.1 Å². The Bertz CT molecular complexity index is 577. The van der Waals surface area contributed by atoms with E-state index in [0.717, 1.165) is 24.6 Å². The number of benzene rings is 1. The third-order valence-corrected chi connectivity index (χ3v) is 4.49. The van der Waals surface area contributed by atoms with E-state index in [1.807, 2.05) is 11.3 Å². The second kappa shape index (κ2) is 4.78. The summed E-state index contributed by atoms with van der Waals surface area (Å²) < 4.78 is 12.6. The highest BCUT2D eigenvalue weighted by atomic mass is 32.1. The molecule has 0 saturated heterocycles. The number of fused-ring (bicyclic) bond motifs is 2. The normalized spacial score (nSPS) is 14.1. The molecule has 0 saturated carbocycles. The first-order chi connectivity index (χ1) is 8.79. The van der Waals surface area contributed by atoms with Crippen LogP contribution in [0.2, 0.25) is 0 Å². The largest absolute Gasteiger partial charge is 0.486 e. The highest BCUT2D eigenvalue weighted by Gasteiger charge is 2.16. The van der Waals surface area contributed by atoms with Gasteiger partial charge in [-0.05, 0) is 30.5 Å². The fourth-order valence-electron chi connectivity index (χ4n) is 2.21. The lowest BCUT2D eigenvalue weighted by Crippen LogP contribution is -2.15. The third-order valence-electron chi connectivity index (χ3n) is 3.24. The molecular formula is C14H17NO2S. The molecule has 1 aromatic carbocycles. The number of hydrogen-bond acceptors (Lipinski definition) is 4. The molecule has 1 aromatic heterocycles. The Morgan fingerprint density at radius 3 is 2.67 bits per heavy atom. The van der Waals surface area contributed by atoms with Gasteiger partial charge in [-0.1, -0.05) is 6.92 Å². The van der Waals surface area contributed by atoms with Crippen LogP contribution in [-0.2, 0) is 6.54 Å². The monoisotopic (exact) mass is 263 g/mol. The van der Waals surface area contributed by atoms with Gasteiger partial charge in [0.1, 0.15) is 13.2 Å². The Morgan fingerprint density at radius 2 is 1.94 bits per heavy atom. The number of hydrogen-bond donors (Lipinski definition) is 1. The van der Waals surface area contributed by atoms with Gasteiger partial charge in [0.25, 0.3) is 0 Å². The molecule has 0 bridgehead atoms. The quantitative estimate of drug-likeness (QED) is 0.923. The summed E-state index contributed by atoms with van der Waals surface area (Å²) in [7, 11) is 0. The molecular weight excluding hydrogens is 246 g/mol. The SMILES string of the molecule is CCNCc1sc2cc3c(cc2c1C)OCCO3. The standard InChI is InChI=1S/C14H17NO2S/c1-3-15-8-14-9(2)10-6-11-12(7-13(10)18-14)17-5-4-16-11/h6-7,15H,3-5,8H2,1-2H3. The molecule has 0 spiro atoms. The minimum atomic E-state index is 0.645. The number of nitrogens with one attached hydrogen (secondary N) is 1. The van der Waals surface area contributed by atoms with Gasteiger partial charge in [-0.15, -0.1) is 11.3 Å². The van der Waals surface area contributed by atoms with Gasteiger partial charge in [-0.2, -0.15) is 0 Å². The zero-order valence-corrected chi connectivity index (χ0v) is 11.5. The van der Waals surface area contributed by atoms with Gasteiger partial charge in [-0.3, -0.25) is 0 Å². The summed E-state index contributed by atoms with van der Waals surface area (Å²) >= 11 is 1.84. The predicted octanol–water partition coefficient (Wildman–Crippen LogP) is 3.09. The van der Waals surface area contributed by atoms with Crippen molar-refractivity contribution >= 4 is 21.4 Å². The third kappa shape index (κ3) is 1.95. The molecule has 1 aliphatic heterocycles. The van der Waals surface area contributed by atoms with Crippen molar-refractivity contribution in [3.8, 4) is 11.5 Å². The lowest BCUT2D eigenvalue weighted by molar-refractivity contribution is 0.172. The van der Waals surface area contributed by atoms with Crippen molar-refractivity contribution in [1.29, 1.82) is 0 Å². The maximum Gasteiger partial charge on any atom is 0.162 e. The van der Waals surface area contributed by atoms with Crippen LogP contribution in [0.25, 0.3) is 10.1 Å². The molecule has 4 heteroatoms. The zero-order valence-electron chi connectivity index (χ0n) is 10.7. The van der Waals surface area contributed by atoms with Crippen LogP contribution in [0, 0.1) is 6.92 Å². The maximum atomic E-state index is 5.64. The first-order valence-corrected chi connectivity index (χ1v) is 7.13. The summed E-state index contributed by atoms with van der Waals surface area (Å²) in [5.74, 6) is 1.76. The molecule has 0 amide bonds. The van der Waals surface area contributed by atoms with Crippen LogP contribution in [0.4, 0.5) is 0 Å². The molecule has 18 heavy (non-hydrogen) atoms. The van der Waals surface area contributed by atoms with Gasteiger partial charge in [0.05, 0.1) is 0 Å². The topological polar surface area (TPSA) is 30.5 Å². The second-order valence-corrected chi connectivity index (χ2v) is 5.56. The van der Waals surface area contributed by atoms with Gasteiger partial charge < -0.3 is 14.8 Å². The van der Waals surface area contributed by atoms with E-state index < -0.39 is 0 Å². The smallest absolute Gasteiger partial charge is 0.162 e. The highest BCUT2D eigenvalue weighted by Crippen LogP contribution is 2.40. The molecule has 1 N–H and O–H groups in total. The lowest BCUT2D eigenvalue weighted by atomic mass is 10.1. The van der Waals surface area contributed by atoms with Crippen molar-refractivity contribution < 1.29 is 9.47 Å². The number of rotatable bonds is 3. The average Bonchev–Trinajstić information content (AvgIpc) is 2.70. The molecule has 2 aromatic rings. The van der Waals surface area contributed by atoms with Crippen LogP contribution in [0.3, 0.4) is 0 Å². The molecule has 96 valence electrons. The van der Waals surface area contributed by atoms with Gasteiger partial charge in [0, 0.05) is 22.2 Å². The van der Waals surface area contributed by atoms with Crippen LogP contribution < -0.4 is 14.8 Å². The summed E-state index contributed by atoms with van der Waals surface area (Å²) in [6, 6.07) is 4.22. The predicted molar refractivity (Wildman–Crippen MR) is 74.9 cm³/mol. The highest BCUT2D eigenvalue weighted by molar-refractivity contribution is 7.19. The summed E-state index contributed by atoms with van der Waals surface area (Å²) in [6.07, 6.45) is 0. The van der Waals surface area contributed by atoms with Crippen molar-refractivity contribution in [3.63, 3.8) is 0 Å². The minimum absolute atomic E-state index is 0.645. The average molecular weight is 263 g/mol. The maximum absolute atomic E-state index is 5.64. The first kappa shape index (κ1) is 11.8.